The summed E-state index contributed by atoms with van der Waals surface area (Å²) in [6.07, 6.45) is 2.63. The minimum atomic E-state index is -0.0416. The minimum absolute atomic E-state index is 0.0416. The van der Waals surface area contributed by atoms with Crippen LogP contribution in [0.3, 0.4) is 0 Å². The van der Waals surface area contributed by atoms with E-state index in [1.807, 2.05) is 11.8 Å². The highest BCUT2D eigenvalue weighted by Crippen LogP contribution is 2.10. The minimum Gasteiger partial charge on any atom is -0.399 e. The van der Waals surface area contributed by atoms with Crippen LogP contribution >= 0.6 is 0 Å². The summed E-state index contributed by atoms with van der Waals surface area (Å²) in [6.45, 7) is 7.71. The number of pyridine rings is 1. The number of hydrogen-bond donors (Lipinski definition) is 1. The van der Waals surface area contributed by atoms with Crippen LogP contribution in [-0.4, -0.2) is 28.9 Å². The van der Waals surface area contributed by atoms with Crippen molar-refractivity contribution in [3.8, 4) is 0 Å². The van der Waals surface area contributed by atoms with Crippen LogP contribution in [0, 0.1) is 5.92 Å². The number of hydrogen-bond acceptors (Lipinski definition) is 3. The molecule has 1 atom stereocenters. The predicted molar refractivity (Wildman–Crippen MR) is 69.7 cm³/mol. The Morgan fingerprint density at radius 2 is 2.24 bits per heavy atom. The number of carbonyl (C=O) groups is 1. The molecule has 0 saturated heterocycles. The van der Waals surface area contributed by atoms with Gasteiger partial charge in [0.2, 0.25) is 0 Å². The van der Waals surface area contributed by atoms with Crippen LogP contribution in [0.25, 0.3) is 0 Å². The first-order valence-corrected chi connectivity index (χ1v) is 6.09. The van der Waals surface area contributed by atoms with Crippen LogP contribution in [0.5, 0.6) is 0 Å². The van der Waals surface area contributed by atoms with Crippen molar-refractivity contribution in [2.45, 2.75) is 27.2 Å². The van der Waals surface area contributed by atoms with E-state index in [1.165, 1.54) is 0 Å². The van der Waals surface area contributed by atoms with Gasteiger partial charge in [-0.3, -0.25) is 9.78 Å². The zero-order valence-electron chi connectivity index (χ0n) is 10.8. The average molecular weight is 235 g/mol. The Bertz CT molecular complexity index is 379. The van der Waals surface area contributed by atoms with Gasteiger partial charge in [0.05, 0.1) is 0 Å². The second-order valence-electron chi connectivity index (χ2n) is 4.33. The molecule has 1 aromatic rings. The quantitative estimate of drug-likeness (QED) is 0.851. The standard InChI is InChI=1S/C13H21N3O/c1-4-10(3)9-16(5-2)13(17)12-8-11(14)6-7-15-12/h6-8,10H,4-5,9H2,1-3H3,(H2,14,15). The molecule has 17 heavy (non-hydrogen) atoms. The number of anilines is 1. The first-order valence-electron chi connectivity index (χ1n) is 6.09. The third kappa shape index (κ3) is 3.73. The Labute approximate surface area is 103 Å². The molecule has 0 aliphatic carbocycles. The maximum absolute atomic E-state index is 12.2. The van der Waals surface area contributed by atoms with Crippen molar-refractivity contribution in [2.75, 3.05) is 18.8 Å². The molecule has 0 fully saturated rings. The van der Waals surface area contributed by atoms with Gasteiger partial charge in [-0.05, 0) is 25.0 Å². The number of aromatic nitrogens is 1. The average Bonchev–Trinajstić information content (AvgIpc) is 2.34. The lowest BCUT2D eigenvalue weighted by molar-refractivity contribution is 0.0735. The molecule has 0 radical (unpaired) electrons. The van der Waals surface area contributed by atoms with Crippen molar-refractivity contribution in [2.24, 2.45) is 5.92 Å². The number of nitrogen functional groups attached to an aromatic ring is 1. The zero-order chi connectivity index (χ0) is 12.8. The molecule has 1 unspecified atom stereocenters. The molecule has 1 amide bonds. The van der Waals surface area contributed by atoms with Gasteiger partial charge < -0.3 is 10.6 Å². The molecule has 0 aliphatic rings. The fourth-order valence-corrected chi connectivity index (χ4v) is 1.59. The lowest BCUT2D eigenvalue weighted by atomic mass is 10.1. The van der Waals surface area contributed by atoms with E-state index in [0.717, 1.165) is 13.0 Å². The van der Waals surface area contributed by atoms with Crippen molar-refractivity contribution >= 4 is 11.6 Å². The second-order valence-corrected chi connectivity index (χ2v) is 4.33. The molecule has 0 saturated carbocycles. The Morgan fingerprint density at radius 3 is 2.76 bits per heavy atom. The first-order chi connectivity index (χ1) is 8.08. The van der Waals surface area contributed by atoms with Gasteiger partial charge in [-0.25, -0.2) is 0 Å². The molecule has 94 valence electrons. The number of nitrogens with two attached hydrogens (primary N) is 1. The van der Waals surface area contributed by atoms with Gasteiger partial charge in [0, 0.05) is 25.0 Å². The van der Waals surface area contributed by atoms with Gasteiger partial charge in [-0.1, -0.05) is 20.3 Å². The van der Waals surface area contributed by atoms with E-state index in [9.17, 15) is 4.79 Å². The van der Waals surface area contributed by atoms with Crippen molar-refractivity contribution in [3.05, 3.63) is 24.0 Å². The van der Waals surface area contributed by atoms with Gasteiger partial charge in [-0.15, -0.1) is 0 Å². The zero-order valence-corrected chi connectivity index (χ0v) is 10.8. The summed E-state index contributed by atoms with van der Waals surface area (Å²) >= 11 is 0. The highest BCUT2D eigenvalue weighted by atomic mass is 16.2. The Hall–Kier alpha value is -1.58. The van der Waals surface area contributed by atoms with E-state index in [2.05, 4.69) is 18.8 Å². The van der Waals surface area contributed by atoms with Gasteiger partial charge >= 0.3 is 0 Å². The summed E-state index contributed by atoms with van der Waals surface area (Å²) in [7, 11) is 0. The van der Waals surface area contributed by atoms with E-state index < -0.39 is 0 Å². The molecule has 1 aromatic heterocycles. The largest absolute Gasteiger partial charge is 0.399 e. The maximum Gasteiger partial charge on any atom is 0.272 e. The normalized spacial score (nSPS) is 12.2. The van der Waals surface area contributed by atoms with Gasteiger partial charge in [0.1, 0.15) is 5.69 Å². The Balaban J connectivity index is 2.79. The monoisotopic (exact) mass is 235 g/mol. The van der Waals surface area contributed by atoms with Gasteiger partial charge in [0.25, 0.3) is 5.91 Å². The lowest BCUT2D eigenvalue weighted by Crippen LogP contribution is -2.35. The van der Waals surface area contributed by atoms with E-state index in [-0.39, 0.29) is 5.91 Å². The molecule has 0 aromatic carbocycles. The molecule has 0 aliphatic heterocycles. The maximum atomic E-state index is 12.2. The summed E-state index contributed by atoms with van der Waals surface area (Å²) in [6, 6.07) is 3.31. The third-order valence-electron chi connectivity index (χ3n) is 2.90. The molecular weight excluding hydrogens is 214 g/mol. The summed E-state index contributed by atoms with van der Waals surface area (Å²) in [5.41, 5.74) is 6.65. The molecule has 0 bridgehead atoms. The molecule has 4 nitrogen and oxygen atoms in total. The topological polar surface area (TPSA) is 59.2 Å². The molecule has 0 spiro atoms. The lowest BCUT2D eigenvalue weighted by Gasteiger charge is -2.23. The van der Waals surface area contributed by atoms with E-state index >= 15 is 0 Å². The fourth-order valence-electron chi connectivity index (χ4n) is 1.59. The highest BCUT2D eigenvalue weighted by molar-refractivity contribution is 5.93. The molecule has 1 heterocycles. The Kier molecular flexibility index (Phi) is 4.94. The van der Waals surface area contributed by atoms with Crippen LogP contribution < -0.4 is 5.73 Å². The number of amides is 1. The molecule has 4 heteroatoms. The molecular formula is C13H21N3O. The summed E-state index contributed by atoms with van der Waals surface area (Å²) < 4.78 is 0. The summed E-state index contributed by atoms with van der Waals surface area (Å²) in [5.74, 6) is 0.458. The van der Waals surface area contributed by atoms with Crippen LogP contribution in [0.1, 0.15) is 37.7 Å². The number of rotatable bonds is 5. The van der Waals surface area contributed by atoms with Gasteiger partial charge in [-0.2, -0.15) is 0 Å². The number of carbonyl (C=O) groups excluding carboxylic acids is 1. The Morgan fingerprint density at radius 1 is 1.53 bits per heavy atom. The van der Waals surface area contributed by atoms with Crippen molar-refractivity contribution in [3.63, 3.8) is 0 Å². The van der Waals surface area contributed by atoms with Crippen molar-refractivity contribution in [1.82, 2.24) is 9.88 Å². The predicted octanol–water partition coefficient (Wildman–Crippen LogP) is 2.17. The van der Waals surface area contributed by atoms with Crippen molar-refractivity contribution < 1.29 is 4.79 Å². The summed E-state index contributed by atoms with van der Waals surface area (Å²) in [4.78, 5) is 18.1. The fraction of sp³-hybridized carbons (Fsp3) is 0.538. The van der Waals surface area contributed by atoms with Gasteiger partial charge in [0.15, 0.2) is 0 Å². The smallest absolute Gasteiger partial charge is 0.272 e. The van der Waals surface area contributed by atoms with Crippen LogP contribution in [0.4, 0.5) is 5.69 Å². The second kappa shape index (κ2) is 6.23. The van der Waals surface area contributed by atoms with Crippen LogP contribution in [0.15, 0.2) is 18.3 Å². The highest BCUT2D eigenvalue weighted by Gasteiger charge is 2.17. The van der Waals surface area contributed by atoms with Crippen LogP contribution in [0.2, 0.25) is 0 Å². The summed E-state index contributed by atoms with van der Waals surface area (Å²) in [5, 5.41) is 0. The van der Waals surface area contributed by atoms with E-state index in [1.54, 1.807) is 18.3 Å². The van der Waals surface area contributed by atoms with E-state index in [4.69, 9.17) is 5.73 Å². The van der Waals surface area contributed by atoms with Crippen LogP contribution in [-0.2, 0) is 0 Å². The first kappa shape index (κ1) is 13.5. The third-order valence-corrected chi connectivity index (χ3v) is 2.90. The number of nitrogens with zero attached hydrogens (tertiary/aromatic N) is 2. The SMILES string of the molecule is CCC(C)CN(CC)C(=O)c1cc(N)ccn1. The molecule has 2 N–H and O–H groups in total. The molecule has 1 rings (SSSR count). The van der Waals surface area contributed by atoms with Crippen molar-refractivity contribution in [1.29, 1.82) is 0 Å². The van der Waals surface area contributed by atoms with E-state index in [0.29, 0.717) is 23.8 Å².